The highest BCUT2D eigenvalue weighted by Crippen LogP contribution is 2.30. The lowest BCUT2D eigenvalue weighted by molar-refractivity contribution is 0.0141. The van der Waals surface area contributed by atoms with Crippen molar-refractivity contribution in [3.63, 3.8) is 0 Å². The van der Waals surface area contributed by atoms with Gasteiger partial charge in [-0.05, 0) is 82.8 Å². The maximum Gasteiger partial charge on any atom is 0.243 e. The Hall–Kier alpha value is -0.700. The Morgan fingerprint density at radius 1 is 0.939 bits per heavy atom. The van der Waals surface area contributed by atoms with Crippen molar-refractivity contribution in [2.24, 2.45) is 0 Å². The van der Waals surface area contributed by atoms with Gasteiger partial charge in [-0.15, -0.1) is 0 Å². The highest BCUT2D eigenvalue weighted by atomic mass is 35.5. The lowest BCUT2D eigenvalue weighted by Gasteiger charge is -2.36. The van der Waals surface area contributed by atoms with Gasteiger partial charge >= 0.3 is 0 Å². The zero-order chi connectivity index (χ0) is 24.1. The summed E-state index contributed by atoms with van der Waals surface area (Å²) in [5.41, 5.74) is 0. The Bertz CT molecular complexity index is 752. The summed E-state index contributed by atoms with van der Waals surface area (Å²) in [4.78, 5) is 2.64. The van der Waals surface area contributed by atoms with Crippen LogP contribution in [0.3, 0.4) is 0 Å². The van der Waals surface area contributed by atoms with E-state index >= 15 is 0 Å². The molecule has 1 aliphatic rings. The summed E-state index contributed by atoms with van der Waals surface area (Å²) in [5.74, 6) is 0. The number of ether oxygens (including phenoxy) is 2. The van der Waals surface area contributed by atoms with E-state index in [1.807, 2.05) is 6.92 Å². The molecule has 0 N–H and O–H groups in total. The predicted octanol–water partition coefficient (Wildman–Crippen LogP) is 5.21. The van der Waals surface area contributed by atoms with Crippen LogP contribution >= 0.6 is 11.6 Å². The van der Waals surface area contributed by atoms with E-state index in [0.717, 1.165) is 64.8 Å². The number of likely N-dealkylation sites (N-methyl/N-ethyl adjacent to an activating group) is 1. The minimum absolute atomic E-state index is 0.0422. The van der Waals surface area contributed by atoms with Gasteiger partial charge < -0.3 is 14.4 Å². The third kappa shape index (κ3) is 9.82. The van der Waals surface area contributed by atoms with E-state index in [4.69, 9.17) is 21.1 Å². The monoisotopic (exact) mass is 502 g/mol. The molecule has 1 fully saturated rings. The van der Waals surface area contributed by atoms with Crippen LogP contribution in [0.4, 0.5) is 0 Å². The molecule has 0 radical (unpaired) electrons. The zero-order valence-electron chi connectivity index (χ0n) is 20.7. The van der Waals surface area contributed by atoms with Crippen molar-refractivity contribution in [3.8, 4) is 0 Å². The van der Waals surface area contributed by atoms with E-state index < -0.39 is 10.0 Å². The van der Waals surface area contributed by atoms with Gasteiger partial charge in [-0.2, -0.15) is 4.31 Å². The Morgan fingerprint density at radius 2 is 1.61 bits per heavy atom. The Labute approximate surface area is 206 Å². The maximum atomic E-state index is 13.2. The van der Waals surface area contributed by atoms with E-state index in [9.17, 15) is 8.42 Å². The Kier molecular flexibility index (Phi) is 13.3. The fraction of sp³-hybridized carbons (Fsp3) is 0.760. The Balaban J connectivity index is 1.69. The molecule has 1 aromatic rings. The van der Waals surface area contributed by atoms with Crippen molar-refractivity contribution in [2.45, 2.75) is 81.8 Å². The molecule has 8 heteroatoms. The van der Waals surface area contributed by atoms with Gasteiger partial charge in [0.05, 0.1) is 17.6 Å². The minimum Gasteiger partial charge on any atom is -0.383 e. The maximum absolute atomic E-state index is 13.2. The summed E-state index contributed by atoms with van der Waals surface area (Å²) >= 11 is 5.94. The molecule has 0 heterocycles. The molecule has 0 saturated heterocycles. The van der Waals surface area contributed by atoms with Crippen LogP contribution in [-0.2, 0) is 19.5 Å². The van der Waals surface area contributed by atoms with Gasteiger partial charge in [-0.1, -0.05) is 31.4 Å². The summed E-state index contributed by atoms with van der Waals surface area (Å²) < 4.78 is 39.4. The number of nitrogens with zero attached hydrogens (tertiary/aromatic N) is 2. The number of rotatable bonds is 16. The van der Waals surface area contributed by atoms with Crippen LogP contribution in [0, 0.1) is 0 Å². The molecule has 2 rings (SSSR count). The van der Waals surface area contributed by atoms with Crippen LogP contribution in [0.1, 0.15) is 64.7 Å². The zero-order valence-corrected chi connectivity index (χ0v) is 22.2. The lowest BCUT2D eigenvalue weighted by Crippen LogP contribution is -2.43. The van der Waals surface area contributed by atoms with E-state index in [-0.39, 0.29) is 12.1 Å². The number of methoxy groups -OCH3 is 1. The standard InChI is InChI=1S/C25H43ClN2O4S/c1-4-17-28(33(29,30)25-15-9-22(26)10-16-25)23-11-13-24(14-12-23)32-20-8-6-5-7-18-27(2)19-21-31-3/h9-10,15-16,23-24H,4-8,11-14,17-21H2,1-3H3. The van der Waals surface area contributed by atoms with Crippen LogP contribution in [0.15, 0.2) is 29.2 Å². The fourth-order valence-corrected chi connectivity index (χ4v) is 6.31. The molecule has 0 amide bonds. The first-order valence-corrected chi connectivity index (χ1v) is 14.3. The quantitative estimate of drug-likeness (QED) is 0.290. The molecular formula is C25H43ClN2O4S. The normalized spacial score (nSPS) is 19.5. The van der Waals surface area contributed by atoms with Gasteiger partial charge in [0.2, 0.25) is 10.0 Å². The highest BCUT2D eigenvalue weighted by molar-refractivity contribution is 7.89. The van der Waals surface area contributed by atoms with Crippen LogP contribution < -0.4 is 0 Å². The van der Waals surface area contributed by atoms with Crippen molar-refractivity contribution in [1.29, 1.82) is 0 Å². The first kappa shape index (κ1) is 28.5. The molecule has 0 aromatic heterocycles. The second kappa shape index (κ2) is 15.3. The molecule has 6 nitrogen and oxygen atoms in total. The van der Waals surface area contributed by atoms with Crippen molar-refractivity contribution in [1.82, 2.24) is 9.21 Å². The molecule has 1 aliphatic carbocycles. The molecule has 1 aromatic carbocycles. The summed E-state index contributed by atoms with van der Waals surface area (Å²) in [6, 6.07) is 6.53. The summed E-state index contributed by atoms with van der Waals surface area (Å²) in [6.45, 7) is 6.26. The predicted molar refractivity (Wildman–Crippen MR) is 135 cm³/mol. The van der Waals surface area contributed by atoms with Crippen LogP contribution in [-0.4, -0.2) is 76.8 Å². The smallest absolute Gasteiger partial charge is 0.243 e. The first-order chi connectivity index (χ1) is 15.9. The van der Waals surface area contributed by atoms with Gasteiger partial charge in [0.25, 0.3) is 0 Å². The molecule has 190 valence electrons. The summed E-state index contributed by atoms with van der Waals surface area (Å²) in [7, 11) is 0.366. The second-order valence-corrected chi connectivity index (χ2v) is 11.4. The van der Waals surface area contributed by atoms with Crippen LogP contribution in [0.25, 0.3) is 0 Å². The van der Waals surface area contributed by atoms with Gasteiger partial charge in [-0.3, -0.25) is 0 Å². The number of halogens is 1. The first-order valence-electron chi connectivity index (χ1n) is 12.4. The molecular weight excluding hydrogens is 460 g/mol. The van der Waals surface area contributed by atoms with E-state index in [1.54, 1.807) is 35.7 Å². The van der Waals surface area contributed by atoms with Gasteiger partial charge in [0, 0.05) is 37.9 Å². The van der Waals surface area contributed by atoms with Crippen molar-refractivity contribution in [2.75, 3.05) is 47.0 Å². The SMILES string of the molecule is CCCN(C1CCC(OCCCCCCN(C)CCOC)CC1)S(=O)(=O)c1ccc(Cl)cc1. The third-order valence-corrected chi connectivity index (χ3v) is 8.60. The average molecular weight is 503 g/mol. The minimum atomic E-state index is -3.51. The Morgan fingerprint density at radius 3 is 2.24 bits per heavy atom. The number of sulfonamides is 1. The molecule has 0 atom stereocenters. The van der Waals surface area contributed by atoms with E-state index in [2.05, 4.69) is 11.9 Å². The number of hydrogen-bond donors (Lipinski definition) is 0. The topological polar surface area (TPSA) is 59.1 Å². The van der Waals surface area contributed by atoms with Crippen LogP contribution in [0.5, 0.6) is 0 Å². The van der Waals surface area contributed by atoms with Crippen LogP contribution in [0.2, 0.25) is 5.02 Å². The third-order valence-electron chi connectivity index (χ3n) is 6.38. The number of hydrogen-bond acceptors (Lipinski definition) is 5. The number of benzene rings is 1. The van der Waals surface area contributed by atoms with Crippen molar-refractivity contribution < 1.29 is 17.9 Å². The number of unbranched alkanes of at least 4 members (excludes halogenated alkanes) is 3. The van der Waals surface area contributed by atoms with Gasteiger partial charge in [0.1, 0.15) is 0 Å². The molecule has 0 spiro atoms. The molecule has 33 heavy (non-hydrogen) atoms. The lowest BCUT2D eigenvalue weighted by atomic mass is 9.93. The molecule has 0 unspecified atom stereocenters. The fourth-order valence-electron chi connectivity index (χ4n) is 4.41. The largest absolute Gasteiger partial charge is 0.383 e. The summed E-state index contributed by atoms with van der Waals surface area (Å²) in [5, 5.41) is 0.545. The van der Waals surface area contributed by atoms with E-state index in [1.165, 1.54) is 19.3 Å². The van der Waals surface area contributed by atoms with Gasteiger partial charge in [0.15, 0.2) is 0 Å². The average Bonchev–Trinajstić information content (AvgIpc) is 2.81. The van der Waals surface area contributed by atoms with E-state index in [0.29, 0.717) is 16.5 Å². The highest BCUT2D eigenvalue weighted by Gasteiger charge is 2.33. The molecule has 1 saturated carbocycles. The molecule has 0 aliphatic heterocycles. The van der Waals surface area contributed by atoms with Gasteiger partial charge in [-0.25, -0.2) is 8.42 Å². The molecule has 0 bridgehead atoms. The van der Waals surface area contributed by atoms with Crippen molar-refractivity contribution >= 4 is 21.6 Å². The van der Waals surface area contributed by atoms with Crippen molar-refractivity contribution in [3.05, 3.63) is 29.3 Å². The summed E-state index contributed by atoms with van der Waals surface area (Å²) in [6.07, 6.45) is 9.32. The second-order valence-electron chi connectivity index (χ2n) is 9.08.